The van der Waals surface area contributed by atoms with Crippen LogP contribution in [0.3, 0.4) is 0 Å². The molecule has 1 aliphatic rings. The van der Waals surface area contributed by atoms with Gasteiger partial charge in [-0.25, -0.2) is 0 Å². The number of carbonyl (C=O) groups is 1. The minimum atomic E-state index is 0.0602. The van der Waals surface area contributed by atoms with Crippen LogP contribution in [0.1, 0.15) is 12.8 Å². The van der Waals surface area contributed by atoms with Crippen molar-refractivity contribution in [3.8, 4) is 0 Å². The lowest BCUT2D eigenvalue weighted by Crippen LogP contribution is -2.45. The molecule has 0 radical (unpaired) electrons. The largest absolute Gasteiger partial charge is 0.356 e. The normalized spacial score (nSPS) is 17.8. The first-order valence-electron chi connectivity index (χ1n) is 8.56. The first-order chi connectivity index (χ1) is 12.3. The number of nitrogens with one attached hydrogen (secondary N) is 2. The second-order valence-corrected chi connectivity index (χ2v) is 6.01. The van der Waals surface area contributed by atoms with Crippen molar-refractivity contribution in [1.29, 1.82) is 0 Å². The number of anilines is 1. The van der Waals surface area contributed by atoms with E-state index in [1.54, 1.807) is 13.2 Å². The molecule has 1 fully saturated rings. The van der Waals surface area contributed by atoms with Crippen LogP contribution in [-0.4, -0.2) is 47.8 Å². The maximum Gasteiger partial charge on any atom is 0.229 e. The summed E-state index contributed by atoms with van der Waals surface area (Å²) in [6.07, 6.45) is 5.16. The SMILES string of the molecule is CN=C(NCCCn1cccn1)NC1CC(=O)N(c2ccccc2)C1. The Hall–Kier alpha value is -2.83. The third-order valence-corrected chi connectivity index (χ3v) is 4.17. The lowest BCUT2D eigenvalue weighted by atomic mass is 10.2. The van der Waals surface area contributed by atoms with Crippen molar-refractivity contribution in [3.63, 3.8) is 0 Å². The van der Waals surface area contributed by atoms with Gasteiger partial charge in [0.05, 0.1) is 6.04 Å². The summed E-state index contributed by atoms with van der Waals surface area (Å²) in [6.45, 7) is 2.31. The van der Waals surface area contributed by atoms with Crippen LogP contribution in [0.5, 0.6) is 0 Å². The van der Waals surface area contributed by atoms with E-state index in [4.69, 9.17) is 0 Å². The third kappa shape index (κ3) is 4.59. The number of guanidine groups is 1. The molecule has 1 unspecified atom stereocenters. The van der Waals surface area contributed by atoms with E-state index >= 15 is 0 Å². The molecule has 2 N–H and O–H groups in total. The minimum absolute atomic E-state index is 0.0602. The second kappa shape index (κ2) is 8.32. The Labute approximate surface area is 147 Å². The van der Waals surface area contributed by atoms with Crippen LogP contribution in [0.15, 0.2) is 53.8 Å². The number of para-hydroxylation sites is 1. The molecule has 1 saturated heterocycles. The summed E-state index contributed by atoms with van der Waals surface area (Å²) in [5.74, 6) is 0.867. The first-order valence-corrected chi connectivity index (χ1v) is 8.56. The van der Waals surface area contributed by atoms with E-state index in [0.717, 1.165) is 31.2 Å². The van der Waals surface area contributed by atoms with Crippen molar-refractivity contribution < 1.29 is 4.79 Å². The highest BCUT2D eigenvalue weighted by molar-refractivity contribution is 5.97. The van der Waals surface area contributed by atoms with Gasteiger partial charge in [-0.05, 0) is 24.6 Å². The molecule has 0 aliphatic carbocycles. The molecule has 0 spiro atoms. The van der Waals surface area contributed by atoms with Crippen LogP contribution < -0.4 is 15.5 Å². The molecule has 7 nitrogen and oxygen atoms in total. The summed E-state index contributed by atoms with van der Waals surface area (Å²) in [4.78, 5) is 18.3. The van der Waals surface area contributed by atoms with Gasteiger partial charge in [0, 0.05) is 51.2 Å². The van der Waals surface area contributed by atoms with Gasteiger partial charge in [0.1, 0.15) is 0 Å². The Morgan fingerprint density at radius 3 is 2.88 bits per heavy atom. The van der Waals surface area contributed by atoms with E-state index in [1.165, 1.54) is 0 Å². The average Bonchev–Trinajstić information content (AvgIpc) is 3.28. The van der Waals surface area contributed by atoms with Crippen LogP contribution >= 0.6 is 0 Å². The highest BCUT2D eigenvalue weighted by Gasteiger charge is 2.30. The van der Waals surface area contributed by atoms with E-state index in [-0.39, 0.29) is 11.9 Å². The number of carbonyl (C=O) groups excluding carboxylic acids is 1. The number of benzene rings is 1. The fourth-order valence-electron chi connectivity index (χ4n) is 2.93. The highest BCUT2D eigenvalue weighted by atomic mass is 16.2. The number of hydrogen-bond acceptors (Lipinski definition) is 3. The highest BCUT2D eigenvalue weighted by Crippen LogP contribution is 2.20. The molecule has 0 bridgehead atoms. The van der Waals surface area contributed by atoms with E-state index in [2.05, 4.69) is 20.7 Å². The van der Waals surface area contributed by atoms with Crippen molar-refractivity contribution in [2.24, 2.45) is 4.99 Å². The molecular formula is C18H24N6O. The van der Waals surface area contributed by atoms with Crippen LogP contribution in [0.4, 0.5) is 5.69 Å². The smallest absolute Gasteiger partial charge is 0.229 e. The van der Waals surface area contributed by atoms with Gasteiger partial charge in [-0.2, -0.15) is 5.10 Å². The van der Waals surface area contributed by atoms with Gasteiger partial charge in [0.2, 0.25) is 5.91 Å². The van der Waals surface area contributed by atoms with Gasteiger partial charge < -0.3 is 15.5 Å². The summed E-state index contributed by atoms with van der Waals surface area (Å²) in [7, 11) is 1.74. The standard InChI is InChI=1S/C18H24N6O/c1-19-18(20-9-5-11-23-12-6-10-21-23)22-15-13-17(25)24(14-15)16-7-3-2-4-8-16/h2-4,6-8,10,12,15H,5,9,11,13-14H2,1H3,(H2,19,20,22). The maximum atomic E-state index is 12.3. The summed E-state index contributed by atoms with van der Waals surface area (Å²) in [6, 6.07) is 11.8. The van der Waals surface area contributed by atoms with Crippen molar-refractivity contribution in [2.45, 2.75) is 25.4 Å². The summed E-state index contributed by atoms with van der Waals surface area (Å²) < 4.78 is 1.91. The fourth-order valence-corrected chi connectivity index (χ4v) is 2.93. The number of rotatable bonds is 6. The molecule has 1 aliphatic heterocycles. The van der Waals surface area contributed by atoms with Gasteiger partial charge >= 0.3 is 0 Å². The van der Waals surface area contributed by atoms with Crippen molar-refractivity contribution in [1.82, 2.24) is 20.4 Å². The quantitative estimate of drug-likeness (QED) is 0.471. The van der Waals surface area contributed by atoms with E-state index in [9.17, 15) is 4.79 Å². The Kier molecular flexibility index (Phi) is 5.66. The predicted molar refractivity (Wildman–Crippen MR) is 98.5 cm³/mol. The molecule has 1 aromatic carbocycles. The lowest BCUT2D eigenvalue weighted by Gasteiger charge is -2.19. The zero-order valence-corrected chi connectivity index (χ0v) is 14.4. The van der Waals surface area contributed by atoms with E-state index < -0.39 is 0 Å². The van der Waals surface area contributed by atoms with Crippen molar-refractivity contribution >= 4 is 17.6 Å². The van der Waals surface area contributed by atoms with Crippen molar-refractivity contribution in [2.75, 3.05) is 25.0 Å². The Morgan fingerprint density at radius 1 is 1.32 bits per heavy atom. The predicted octanol–water partition coefficient (Wildman–Crippen LogP) is 1.24. The Balaban J connectivity index is 1.45. The Morgan fingerprint density at radius 2 is 2.16 bits per heavy atom. The minimum Gasteiger partial charge on any atom is -0.356 e. The summed E-state index contributed by atoms with van der Waals surface area (Å²) in [5.41, 5.74) is 0.943. The van der Waals surface area contributed by atoms with E-state index in [1.807, 2.05) is 52.2 Å². The van der Waals surface area contributed by atoms with Gasteiger partial charge in [-0.3, -0.25) is 14.5 Å². The lowest BCUT2D eigenvalue weighted by molar-refractivity contribution is -0.117. The Bertz CT molecular complexity index is 698. The zero-order valence-electron chi connectivity index (χ0n) is 14.4. The molecular weight excluding hydrogens is 316 g/mol. The number of aryl methyl sites for hydroxylation is 1. The second-order valence-electron chi connectivity index (χ2n) is 6.01. The molecule has 1 amide bonds. The molecule has 2 heterocycles. The molecule has 7 heteroatoms. The average molecular weight is 340 g/mol. The maximum absolute atomic E-state index is 12.3. The van der Waals surface area contributed by atoms with Crippen molar-refractivity contribution in [3.05, 3.63) is 48.8 Å². The van der Waals surface area contributed by atoms with Gasteiger partial charge in [-0.15, -0.1) is 0 Å². The molecule has 1 aromatic heterocycles. The number of amides is 1. The topological polar surface area (TPSA) is 74.5 Å². The summed E-state index contributed by atoms with van der Waals surface area (Å²) >= 11 is 0. The van der Waals surface area contributed by atoms with Crippen LogP contribution in [0.2, 0.25) is 0 Å². The molecule has 25 heavy (non-hydrogen) atoms. The summed E-state index contributed by atoms with van der Waals surface area (Å²) in [5, 5.41) is 10.8. The number of aliphatic imine (C=N–C) groups is 1. The van der Waals surface area contributed by atoms with Gasteiger partial charge in [0.15, 0.2) is 5.96 Å². The van der Waals surface area contributed by atoms with Gasteiger partial charge in [-0.1, -0.05) is 18.2 Å². The van der Waals surface area contributed by atoms with Gasteiger partial charge in [0.25, 0.3) is 0 Å². The van der Waals surface area contributed by atoms with Crippen LogP contribution in [0.25, 0.3) is 0 Å². The number of hydrogen-bond donors (Lipinski definition) is 2. The molecule has 132 valence electrons. The zero-order chi connectivity index (χ0) is 17.5. The fraction of sp³-hybridized carbons (Fsp3) is 0.389. The third-order valence-electron chi connectivity index (χ3n) is 4.17. The van der Waals surface area contributed by atoms with Crippen LogP contribution in [-0.2, 0) is 11.3 Å². The molecule has 3 rings (SSSR count). The molecule has 2 aromatic rings. The molecule has 1 atom stereocenters. The van der Waals surface area contributed by atoms with E-state index in [0.29, 0.717) is 13.0 Å². The van der Waals surface area contributed by atoms with Crippen LogP contribution in [0, 0.1) is 0 Å². The number of aromatic nitrogens is 2. The first kappa shape index (κ1) is 17.0. The molecule has 0 saturated carbocycles. The monoisotopic (exact) mass is 340 g/mol. The number of nitrogens with zero attached hydrogens (tertiary/aromatic N) is 4.